The molecule has 1 aliphatic heterocycles. The molecule has 0 aromatic rings. The zero-order chi connectivity index (χ0) is 13.7. The molecule has 1 saturated carbocycles. The summed E-state index contributed by atoms with van der Waals surface area (Å²) in [6.45, 7) is 0.845. The van der Waals surface area contributed by atoms with Gasteiger partial charge in [-0.3, -0.25) is 4.79 Å². The van der Waals surface area contributed by atoms with Gasteiger partial charge in [-0.15, -0.1) is 0 Å². The van der Waals surface area contributed by atoms with Crippen molar-refractivity contribution in [2.75, 3.05) is 6.54 Å². The quantitative estimate of drug-likeness (QED) is 0.676. The van der Waals surface area contributed by atoms with Gasteiger partial charge in [0.2, 0.25) is 5.91 Å². The van der Waals surface area contributed by atoms with Crippen LogP contribution in [0.25, 0.3) is 0 Å². The summed E-state index contributed by atoms with van der Waals surface area (Å²) < 4.78 is 0. The van der Waals surface area contributed by atoms with Crippen molar-refractivity contribution in [3.63, 3.8) is 0 Å². The summed E-state index contributed by atoms with van der Waals surface area (Å²) in [4.78, 5) is 23.9. The highest BCUT2D eigenvalue weighted by Crippen LogP contribution is 2.28. The second-order valence-corrected chi connectivity index (χ2v) is 5.79. The zero-order valence-electron chi connectivity index (χ0n) is 11.4. The van der Waals surface area contributed by atoms with E-state index in [1.54, 1.807) is 0 Å². The lowest BCUT2D eigenvalue weighted by atomic mass is 9.89. The Kier molecular flexibility index (Phi) is 4.80. The summed E-state index contributed by atoms with van der Waals surface area (Å²) in [7, 11) is 0. The third kappa shape index (κ3) is 3.47. The zero-order valence-corrected chi connectivity index (χ0v) is 11.4. The van der Waals surface area contributed by atoms with Gasteiger partial charge < -0.3 is 15.7 Å². The molecule has 1 unspecified atom stereocenters. The topological polar surface area (TPSA) is 78.4 Å². The lowest BCUT2D eigenvalue weighted by Gasteiger charge is -2.32. The third-order valence-corrected chi connectivity index (χ3v) is 4.36. The molecule has 0 radical (unpaired) electrons. The molecule has 2 aliphatic rings. The smallest absolute Gasteiger partial charge is 0.329 e. The van der Waals surface area contributed by atoms with Crippen LogP contribution in [0.2, 0.25) is 0 Å². The molecule has 1 heterocycles. The van der Waals surface area contributed by atoms with Crippen LogP contribution in [0.5, 0.6) is 0 Å². The van der Waals surface area contributed by atoms with Gasteiger partial charge in [-0.1, -0.05) is 32.1 Å². The average Bonchev–Trinajstić information content (AvgIpc) is 2.66. The van der Waals surface area contributed by atoms with Crippen LogP contribution >= 0.6 is 0 Å². The van der Waals surface area contributed by atoms with Crippen molar-refractivity contribution >= 4 is 11.9 Å². The molecule has 1 amide bonds. The Morgan fingerprint density at radius 2 is 1.74 bits per heavy atom. The molecule has 0 spiro atoms. The molecule has 1 atom stereocenters. The van der Waals surface area contributed by atoms with Crippen molar-refractivity contribution in [1.29, 1.82) is 0 Å². The van der Waals surface area contributed by atoms with Crippen LogP contribution in [0.4, 0.5) is 0 Å². The van der Waals surface area contributed by atoms with Crippen molar-refractivity contribution in [1.82, 2.24) is 10.6 Å². The van der Waals surface area contributed by atoms with E-state index in [0.717, 1.165) is 51.5 Å². The highest BCUT2D eigenvalue weighted by atomic mass is 16.4. The average molecular weight is 268 g/mol. The van der Waals surface area contributed by atoms with Crippen molar-refractivity contribution in [2.45, 2.75) is 69.4 Å². The predicted molar refractivity (Wildman–Crippen MR) is 71.9 cm³/mol. The Balaban J connectivity index is 2.02. The Bertz CT molecular complexity index is 330. The minimum Gasteiger partial charge on any atom is -0.480 e. The molecule has 108 valence electrons. The molecule has 19 heavy (non-hydrogen) atoms. The van der Waals surface area contributed by atoms with E-state index in [1.165, 1.54) is 0 Å². The molecule has 0 bridgehead atoms. The van der Waals surface area contributed by atoms with Crippen LogP contribution in [-0.4, -0.2) is 35.1 Å². The summed E-state index contributed by atoms with van der Waals surface area (Å²) in [5.41, 5.74) is -1.04. The number of hydrogen-bond acceptors (Lipinski definition) is 3. The van der Waals surface area contributed by atoms with Gasteiger partial charge in [0.05, 0.1) is 6.04 Å². The molecule has 5 nitrogen and oxygen atoms in total. The molecule has 2 rings (SSSR count). The number of carboxylic acids is 1. The molecule has 0 aromatic heterocycles. The Hall–Kier alpha value is -1.10. The van der Waals surface area contributed by atoms with Crippen molar-refractivity contribution in [2.24, 2.45) is 0 Å². The standard InChI is InChI=1S/C14H24N2O3/c17-12(11-7-3-6-10-15-11)16-14(13(18)19)8-4-1-2-5-9-14/h11,15H,1-10H2,(H,16,17)(H,18,19). The van der Waals surface area contributed by atoms with E-state index in [4.69, 9.17) is 0 Å². The van der Waals surface area contributed by atoms with E-state index in [9.17, 15) is 14.7 Å². The lowest BCUT2D eigenvalue weighted by Crippen LogP contribution is -2.59. The summed E-state index contributed by atoms with van der Waals surface area (Å²) in [6.07, 6.45) is 7.93. The molecule has 1 aliphatic carbocycles. The Labute approximate surface area is 114 Å². The maximum atomic E-state index is 12.3. The van der Waals surface area contributed by atoms with Crippen molar-refractivity contribution in [3.05, 3.63) is 0 Å². The van der Waals surface area contributed by atoms with Gasteiger partial charge in [-0.2, -0.15) is 0 Å². The third-order valence-electron chi connectivity index (χ3n) is 4.36. The molecule has 2 fully saturated rings. The predicted octanol–water partition coefficient (Wildman–Crippen LogP) is 1.42. The van der Waals surface area contributed by atoms with E-state index < -0.39 is 11.5 Å². The highest BCUT2D eigenvalue weighted by Gasteiger charge is 2.41. The normalized spacial score (nSPS) is 27.3. The molecular weight excluding hydrogens is 244 g/mol. The van der Waals surface area contributed by atoms with Crippen LogP contribution in [0.3, 0.4) is 0 Å². The number of carbonyl (C=O) groups excluding carboxylic acids is 1. The first kappa shape index (κ1) is 14.3. The monoisotopic (exact) mass is 268 g/mol. The van der Waals surface area contributed by atoms with Gasteiger partial charge in [-0.05, 0) is 32.2 Å². The van der Waals surface area contributed by atoms with E-state index in [1.807, 2.05) is 0 Å². The van der Waals surface area contributed by atoms with Crippen molar-refractivity contribution in [3.8, 4) is 0 Å². The van der Waals surface area contributed by atoms with Gasteiger partial charge in [0.15, 0.2) is 0 Å². The van der Waals surface area contributed by atoms with E-state index in [-0.39, 0.29) is 11.9 Å². The number of carbonyl (C=O) groups is 2. The second kappa shape index (κ2) is 6.37. The summed E-state index contributed by atoms with van der Waals surface area (Å²) in [6, 6.07) is -0.215. The number of hydrogen-bond donors (Lipinski definition) is 3. The van der Waals surface area contributed by atoms with Crippen molar-refractivity contribution < 1.29 is 14.7 Å². The number of aliphatic carboxylic acids is 1. The highest BCUT2D eigenvalue weighted by molar-refractivity contribution is 5.89. The van der Waals surface area contributed by atoms with Gasteiger partial charge in [-0.25, -0.2) is 4.79 Å². The van der Waals surface area contributed by atoms with Crippen LogP contribution in [0, 0.1) is 0 Å². The van der Waals surface area contributed by atoms with E-state index in [0.29, 0.717) is 12.8 Å². The molecule has 0 aromatic carbocycles. The fraction of sp³-hybridized carbons (Fsp3) is 0.857. The second-order valence-electron chi connectivity index (χ2n) is 5.79. The fourth-order valence-electron chi connectivity index (χ4n) is 3.12. The van der Waals surface area contributed by atoms with Gasteiger partial charge in [0.1, 0.15) is 5.54 Å². The van der Waals surface area contributed by atoms with Crippen LogP contribution in [-0.2, 0) is 9.59 Å². The lowest BCUT2D eigenvalue weighted by molar-refractivity contribution is -0.148. The van der Waals surface area contributed by atoms with Crippen LogP contribution in [0.1, 0.15) is 57.8 Å². The van der Waals surface area contributed by atoms with Crippen LogP contribution < -0.4 is 10.6 Å². The first-order chi connectivity index (χ1) is 9.14. The summed E-state index contributed by atoms with van der Waals surface area (Å²) in [5, 5.41) is 15.5. The molecule has 1 saturated heterocycles. The summed E-state index contributed by atoms with van der Waals surface area (Å²) in [5.74, 6) is -1.01. The minimum atomic E-state index is -1.04. The first-order valence-corrected chi connectivity index (χ1v) is 7.43. The Morgan fingerprint density at radius 3 is 2.26 bits per heavy atom. The van der Waals surface area contributed by atoms with E-state index in [2.05, 4.69) is 10.6 Å². The summed E-state index contributed by atoms with van der Waals surface area (Å²) >= 11 is 0. The van der Waals surface area contributed by atoms with Gasteiger partial charge in [0.25, 0.3) is 0 Å². The largest absolute Gasteiger partial charge is 0.480 e. The first-order valence-electron chi connectivity index (χ1n) is 7.43. The number of amides is 1. The SMILES string of the molecule is O=C(NC1(C(=O)O)CCCCCC1)C1CCCCN1. The Morgan fingerprint density at radius 1 is 1.05 bits per heavy atom. The maximum Gasteiger partial charge on any atom is 0.329 e. The minimum absolute atomic E-state index is 0.135. The van der Waals surface area contributed by atoms with Gasteiger partial charge >= 0.3 is 5.97 Å². The fourth-order valence-corrected chi connectivity index (χ4v) is 3.12. The molecule has 5 heteroatoms. The number of rotatable bonds is 3. The molecular formula is C14H24N2O3. The molecule has 3 N–H and O–H groups in total. The number of nitrogens with one attached hydrogen (secondary N) is 2. The van der Waals surface area contributed by atoms with E-state index >= 15 is 0 Å². The number of piperidine rings is 1. The van der Waals surface area contributed by atoms with Crippen LogP contribution in [0.15, 0.2) is 0 Å². The van der Waals surface area contributed by atoms with Gasteiger partial charge in [0, 0.05) is 0 Å². The number of carboxylic acid groups (broad SMARTS) is 1. The maximum absolute atomic E-state index is 12.3.